The summed E-state index contributed by atoms with van der Waals surface area (Å²) < 4.78 is 62.1. The number of ether oxygens (including phenoxy) is 11. The van der Waals surface area contributed by atoms with Gasteiger partial charge in [-0.3, -0.25) is 9.59 Å². The van der Waals surface area contributed by atoms with Crippen molar-refractivity contribution in [3.63, 3.8) is 0 Å². The van der Waals surface area contributed by atoms with Gasteiger partial charge in [-0.1, -0.05) is 18.2 Å². The van der Waals surface area contributed by atoms with Gasteiger partial charge in [0.05, 0.1) is 66.7 Å². The molecule has 0 aliphatic carbocycles. The molecule has 0 radical (unpaired) electrons. The highest BCUT2D eigenvalue weighted by Gasteiger charge is 2.49. The van der Waals surface area contributed by atoms with Crippen molar-refractivity contribution < 1.29 is 128 Å². The third kappa shape index (κ3) is 13.4. The topological polar surface area (TPSA) is 399 Å². The molecule has 3 aliphatic rings. The summed E-state index contributed by atoms with van der Waals surface area (Å²) in [5.74, 6) is -2.44. The van der Waals surface area contributed by atoms with Crippen molar-refractivity contribution in [1.82, 2.24) is 0 Å². The standard InChI is InChI=1S/C46H64O26/c1-46(15-29(50)51,72-45-39(61)36(58)33(55)28(19-49)69-45)16-30(52)66-11-7-9-21-14-25(64-4)42(71-44-38(60)35(57)32(54)27(18-48)68-44)40(65-5)22(21)10-6-8-20-12-23(62-2)41(24(13-20)63-3)70-43-37(59)34(56)31(53)26(17-47)67-43/h6-9,12-14,26-28,31-39,43-45,47-49,53-61H,10-11,15-19H2,1-5H3,(H,50,51)/b8-6+,9-7+/t26-,27-,28-,31-,32-,33-,34-,35-,36-,37-,38-,39-,43+,44+,45+,46?/m1/s1. The van der Waals surface area contributed by atoms with E-state index in [1.807, 2.05) is 0 Å². The second kappa shape index (κ2) is 25.8. The van der Waals surface area contributed by atoms with E-state index in [0.717, 1.165) is 0 Å². The van der Waals surface area contributed by atoms with Crippen LogP contribution in [0.1, 0.15) is 36.5 Å². The van der Waals surface area contributed by atoms with E-state index in [-0.39, 0.29) is 40.9 Å². The Hall–Kier alpha value is -4.98. The smallest absolute Gasteiger partial charge is 0.309 e. The van der Waals surface area contributed by atoms with Gasteiger partial charge in [0.1, 0.15) is 79.9 Å². The number of carbonyl (C=O) groups excluding carboxylic acids is 1. The van der Waals surface area contributed by atoms with Crippen LogP contribution in [0, 0.1) is 0 Å². The van der Waals surface area contributed by atoms with Crippen molar-refractivity contribution in [2.24, 2.45) is 0 Å². The molecule has 26 nitrogen and oxygen atoms in total. The van der Waals surface area contributed by atoms with E-state index in [1.54, 1.807) is 12.2 Å². The first-order valence-electron chi connectivity index (χ1n) is 22.4. The number of esters is 1. The van der Waals surface area contributed by atoms with Gasteiger partial charge in [-0.25, -0.2) is 0 Å². The van der Waals surface area contributed by atoms with Gasteiger partial charge in [0.2, 0.25) is 24.1 Å². The fraction of sp³-hybridized carbons (Fsp3) is 0.609. The Kier molecular flexibility index (Phi) is 20.7. The van der Waals surface area contributed by atoms with E-state index in [9.17, 15) is 76.0 Å². The Morgan fingerprint density at radius 2 is 1.03 bits per heavy atom. The summed E-state index contributed by atoms with van der Waals surface area (Å²) in [6, 6.07) is 4.55. The summed E-state index contributed by atoms with van der Waals surface area (Å²) in [5.41, 5.74) is -0.710. The molecule has 3 fully saturated rings. The molecule has 404 valence electrons. The van der Waals surface area contributed by atoms with Crippen LogP contribution in [0.15, 0.2) is 30.4 Å². The largest absolute Gasteiger partial charge is 0.493 e. The lowest BCUT2D eigenvalue weighted by Gasteiger charge is -2.42. The predicted octanol–water partition coefficient (Wildman–Crippen LogP) is -3.67. The summed E-state index contributed by atoms with van der Waals surface area (Å²) in [4.78, 5) is 25.0. The maximum absolute atomic E-state index is 13.2. The third-order valence-electron chi connectivity index (χ3n) is 12.0. The number of rotatable bonds is 23. The third-order valence-corrected chi connectivity index (χ3v) is 12.0. The van der Waals surface area contributed by atoms with Crippen LogP contribution in [-0.4, -0.2) is 231 Å². The number of aliphatic hydroxyl groups is 12. The van der Waals surface area contributed by atoms with Crippen molar-refractivity contribution in [3.8, 4) is 34.5 Å². The fourth-order valence-corrected chi connectivity index (χ4v) is 8.08. The molecule has 0 bridgehead atoms. The van der Waals surface area contributed by atoms with Crippen LogP contribution in [0.25, 0.3) is 12.2 Å². The summed E-state index contributed by atoms with van der Waals surface area (Å²) in [6.45, 7) is -1.41. The van der Waals surface area contributed by atoms with Crippen LogP contribution < -0.4 is 28.4 Å². The van der Waals surface area contributed by atoms with Gasteiger partial charge in [-0.2, -0.15) is 0 Å². The van der Waals surface area contributed by atoms with Crippen molar-refractivity contribution in [2.45, 2.75) is 124 Å². The highest BCUT2D eigenvalue weighted by molar-refractivity contribution is 5.74. The molecule has 2 aromatic rings. The van der Waals surface area contributed by atoms with Crippen molar-refractivity contribution in [3.05, 3.63) is 47.0 Å². The van der Waals surface area contributed by atoms with Gasteiger partial charge < -0.3 is 118 Å². The second-order valence-corrected chi connectivity index (χ2v) is 17.1. The number of aliphatic carboxylic acids is 1. The number of aliphatic hydroxyl groups excluding tert-OH is 12. The average Bonchev–Trinajstić information content (AvgIpc) is 3.35. The first-order chi connectivity index (χ1) is 34.2. The van der Waals surface area contributed by atoms with Crippen molar-refractivity contribution >= 4 is 24.1 Å². The quantitative estimate of drug-likeness (QED) is 0.0477. The minimum Gasteiger partial charge on any atom is -0.493 e. The van der Waals surface area contributed by atoms with Gasteiger partial charge in [0.25, 0.3) is 0 Å². The molecule has 16 atom stereocenters. The molecule has 72 heavy (non-hydrogen) atoms. The van der Waals surface area contributed by atoms with Crippen molar-refractivity contribution in [1.29, 1.82) is 0 Å². The Morgan fingerprint density at radius 3 is 1.49 bits per heavy atom. The predicted molar refractivity (Wildman–Crippen MR) is 241 cm³/mol. The Labute approximate surface area is 411 Å². The molecule has 13 N–H and O–H groups in total. The van der Waals surface area contributed by atoms with E-state index in [1.165, 1.54) is 65.7 Å². The summed E-state index contributed by atoms with van der Waals surface area (Å²) in [6.07, 6.45) is -20.1. The minimum absolute atomic E-state index is 0.000762. The molecule has 0 saturated carbocycles. The normalized spacial score (nSPS) is 31.7. The van der Waals surface area contributed by atoms with Crippen LogP contribution in [-0.2, 0) is 39.7 Å². The van der Waals surface area contributed by atoms with Crippen LogP contribution in [0.4, 0.5) is 0 Å². The molecular formula is C46H64O26. The second-order valence-electron chi connectivity index (χ2n) is 17.1. The zero-order valence-electron chi connectivity index (χ0n) is 39.8. The fourth-order valence-electron chi connectivity index (χ4n) is 8.08. The van der Waals surface area contributed by atoms with Crippen LogP contribution in [0.2, 0.25) is 0 Å². The number of carboxylic acids is 1. The molecular weight excluding hydrogens is 968 g/mol. The molecule has 0 amide bonds. The van der Waals surface area contributed by atoms with E-state index < -0.39 is 149 Å². The Morgan fingerprint density at radius 1 is 0.569 bits per heavy atom. The Balaban J connectivity index is 1.44. The van der Waals surface area contributed by atoms with Gasteiger partial charge >= 0.3 is 11.9 Å². The molecule has 26 heteroatoms. The molecule has 1 unspecified atom stereocenters. The zero-order chi connectivity index (χ0) is 53.2. The Bertz CT molecular complexity index is 2140. The van der Waals surface area contributed by atoms with E-state index in [0.29, 0.717) is 16.7 Å². The van der Waals surface area contributed by atoms with Gasteiger partial charge in [0.15, 0.2) is 29.3 Å². The lowest BCUT2D eigenvalue weighted by atomic mass is 9.95. The molecule has 3 aliphatic heterocycles. The molecule has 0 spiro atoms. The summed E-state index contributed by atoms with van der Waals surface area (Å²) >= 11 is 0. The van der Waals surface area contributed by atoms with Gasteiger partial charge in [-0.15, -0.1) is 0 Å². The van der Waals surface area contributed by atoms with Crippen LogP contribution >= 0.6 is 0 Å². The molecule has 3 saturated heterocycles. The minimum atomic E-state index is -1.90. The first kappa shape index (κ1) is 57.9. The number of methoxy groups -OCH3 is 4. The zero-order valence-corrected chi connectivity index (χ0v) is 39.8. The van der Waals surface area contributed by atoms with Gasteiger partial charge in [-0.05, 0) is 48.7 Å². The van der Waals surface area contributed by atoms with Crippen molar-refractivity contribution in [2.75, 3.05) is 54.9 Å². The summed E-state index contributed by atoms with van der Waals surface area (Å²) in [5, 5.41) is 132. The SMILES string of the molecule is COc1cc(/C=C/Cc2c(/C=C/COC(=O)CC(C)(CC(=O)O)O[C@@H]3O[C@H](CO)[C@@H](O)[C@@H](O)[C@H]3O)cc(OC)c(O[C@@H]3O[C@H](CO)[C@@H](O)[C@@H](O)[C@H]3O)c2OC)cc(OC)c1O[C@@H]1O[C@H](CO)[C@@H](O)[C@@H](O)[C@H]1O. The highest BCUT2D eigenvalue weighted by Crippen LogP contribution is 2.45. The maximum atomic E-state index is 13.2. The van der Waals surface area contributed by atoms with Gasteiger partial charge in [0, 0.05) is 5.56 Å². The number of carboxylic acid groups (broad SMARTS) is 1. The molecule has 0 aromatic heterocycles. The van der Waals surface area contributed by atoms with E-state index in [4.69, 9.17) is 52.1 Å². The van der Waals surface area contributed by atoms with E-state index >= 15 is 0 Å². The monoisotopic (exact) mass is 1030 g/mol. The highest BCUT2D eigenvalue weighted by atomic mass is 16.7. The lowest BCUT2D eigenvalue weighted by molar-refractivity contribution is -0.325. The number of benzene rings is 2. The first-order valence-corrected chi connectivity index (χ1v) is 22.4. The van der Waals surface area contributed by atoms with Crippen LogP contribution in [0.5, 0.6) is 34.5 Å². The lowest BCUT2D eigenvalue weighted by Crippen LogP contribution is -2.60. The van der Waals surface area contributed by atoms with Crippen LogP contribution in [0.3, 0.4) is 0 Å². The van der Waals surface area contributed by atoms with E-state index in [2.05, 4.69) is 0 Å². The average molecular weight is 1030 g/mol. The number of hydrogen-bond donors (Lipinski definition) is 13. The molecule has 2 aromatic carbocycles. The number of hydrogen-bond acceptors (Lipinski definition) is 25. The summed E-state index contributed by atoms with van der Waals surface area (Å²) in [7, 11) is 5.23. The molecule has 3 heterocycles. The number of carbonyl (C=O) groups is 2. The number of allylic oxidation sites excluding steroid dienone is 1. The maximum Gasteiger partial charge on any atom is 0.309 e. The molecule has 5 rings (SSSR count).